The number of hydrogen-bond donors (Lipinski definition) is 1. The number of benzene rings is 1. The van der Waals surface area contributed by atoms with E-state index in [0.717, 1.165) is 8.25 Å². The monoisotopic (exact) mass is 384 g/mol. The van der Waals surface area contributed by atoms with Crippen molar-refractivity contribution in [2.75, 3.05) is 0 Å². The van der Waals surface area contributed by atoms with Crippen molar-refractivity contribution >= 4 is 45.3 Å². The normalized spacial score (nSPS) is 19.1. The highest BCUT2D eigenvalue weighted by Gasteiger charge is 2.30. The topological polar surface area (TPSA) is 93.9 Å². The van der Waals surface area contributed by atoms with Crippen molar-refractivity contribution < 1.29 is 9.59 Å². The maximum Gasteiger partial charge on any atom is 0.278 e. The molecule has 2 heterocycles. The maximum atomic E-state index is 12.4. The van der Waals surface area contributed by atoms with Crippen LogP contribution < -0.4 is 10.9 Å². The van der Waals surface area contributed by atoms with Gasteiger partial charge in [0.1, 0.15) is 11.6 Å². The standard InChI is InChI=1S/C12H9IN4O3/c13-6-1-2-8-7(5-6)12(20)17(16-15-8)9-3-4-10(18)14-11(9)19/h1-2,5,9H,3-4H2,(H,14,18,19). The van der Waals surface area contributed by atoms with E-state index in [2.05, 4.69) is 38.2 Å². The molecule has 102 valence electrons. The summed E-state index contributed by atoms with van der Waals surface area (Å²) in [5, 5.41) is 10.4. The Bertz CT molecular complexity index is 786. The minimum atomic E-state index is -0.782. The Morgan fingerprint density at radius 3 is 2.85 bits per heavy atom. The molecule has 0 saturated carbocycles. The Balaban J connectivity index is 2.13. The van der Waals surface area contributed by atoms with Crippen LogP contribution in [0.2, 0.25) is 0 Å². The van der Waals surface area contributed by atoms with Crippen molar-refractivity contribution in [2.24, 2.45) is 0 Å². The van der Waals surface area contributed by atoms with Gasteiger partial charge in [-0.05, 0) is 47.2 Å². The Morgan fingerprint density at radius 1 is 1.30 bits per heavy atom. The first kappa shape index (κ1) is 13.2. The summed E-state index contributed by atoms with van der Waals surface area (Å²) >= 11 is 2.10. The molecule has 1 aliphatic rings. The summed E-state index contributed by atoms with van der Waals surface area (Å²) in [6, 6.07) is 4.46. The van der Waals surface area contributed by atoms with Crippen molar-refractivity contribution in [1.29, 1.82) is 0 Å². The summed E-state index contributed by atoms with van der Waals surface area (Å²) in [5.74, 6) is -0.842. The fraction of sp³-hybridized carbons (Fsp3) is 0.250. The molecule has 8 heteroatoms. The summed E-state index contributed by atoms with van der Waals surface area (Å²) in [4.78, 5) is 35.3. The van der Waals surface area contributed by atoms with Gasteiger partial charge in [0.15, 0.2) is 0 Å². The fourth-order valence-electron chi connectivity index (χ4n) is 2.15. The van der Waals surface area contributed by atoms with Gasteiger partial charge < -0.3 is 0 Å². The molecule has 1 aliphatic heterocycles. The van der Waals surface area contributed by atoms with E-state index < -0.39 is 11.9 Å². The molecule has 0 bridgehead atoms. The zero-order valence-electron chi connectivity index (χ0n) is 10.2. The highest BCUT2D eigenvalue weighted by molar-refractivity contribution is 14.1. The highest BCUT2D eigenvalue weighted by atomic mass is 127. The van der Waals surface area contributed by atoms with Crippen LogP contribution in [0.25, 0.3) is 10.9 Å². The SMILES string of the molecule is O=C1CCC(n2nnc3ccc(I)cc3c2=O)C(=O)N1. The van der Waals surface area contributed by atoms with Gasteiger partial charge in [0, 0.05) is 9.99 Å². The Hall–Kier alpha value is -1.84. The van der Waals surface area contributed by atoms with Crippen LogP contribution in [0.5, 0.6) is 0 Å². The lowest BCUT2D eigenvalue weighted by atomic mass is 10.1. The second-order valence-corrected chi connectivity index (χ2v) is 5.71. The Labute approximate surface area is 126 Å². The van der Waals surface area contributed by atoms with Crippen molar-refractivity contribution in [3.8, 4) is 0 Å². The number of piperidine rings is 1. The van der Waals surface area contributed by atoms with E-state index in [4.69, 9.17) is 0 Å². The average Bonchev–Trinajstić information content (AvgIpc) is 2.41. The molecule has 1 fully saturated rings. The summed E-state index contributed by atoms with van der Waals surface area (Å²) in [5.41, 5.74) is 0.113. The van der Waals surface area contributed by atoms with Gasteiger partial charge in [-0.15, -0.1) is 5.10 Å². The van der Waals surface area contributed by atoms with Gasteiger partial charge in [0.2, 0.25) is 5.91 Å². The predicted octanol–water partition coefficient (Wildman–Crippen LogP) is 0.374. The lowest BCUT2D eigenvalue weighted by Gasteiger charge is -2.21. The molecule has 7 nitrogen and oxygen atoms in total. The van der Waals surface area contributed by atoms with Gasteiger partial charge in [0.05, 0.1) is 5.39 Å². The number of nitrogens with zero attached hydrogens (tertiary/aromatic N) is 3. The van der Waals surface area contributed by atoms with Crippen molar-refractivity contribution in [1.82, 2.24) is 20.3 Å². The molecular formula is C12H9IN4O3. The summed E-state index contributed by atoms with van der Waals surface area (Å²) in [6.45, 7) is 0. The second-order valence-electron chi connectivity index (χ2n) is 4.47. The highest BCUT2D eigenvalue weighted by Crippen LogP contribution is 2.17. The lowest BCUT2D eigenvalue weighted by Crippen LogP contribution is -2.45. The Kier molecular flexibility index (Phi) is 3.24. The van der Waals surface area contributed by atoms with Crippen molar-refractivity contribution in [3.05, 3.63) is 32.1 Å². The van der Waals surface area contributed by atoms with E-state index in [1.807, 2.05) is 6.07 Å². The maximum absolute atomic E-state index is 12.4. The van der Waals surface area contributed by atoms with Crippen LogP contribution >= 0.6 is 22.6 Å². The number of carbonyl (C=O) groups is 2. The van der Waals surface area contributed by atoms with Gasteiger partial charge in [-0.1, -0.05) is 5.21 Å². The van der Waals surface area contributed by atoms with Crippen LogP contribution in [0.4, 0.5) is 0 Å². The predicted molar refractivity (Wildman–Crippen MR) is 77.9 cm³/mol. The van der Waals surface area contributed by atoms with Crippen LogP contribution in [-0.2, 0) is 9.59 Å². The number of amides is 2. The minimum absolute atomic E-state index is 0.189. The zero-order valence-corrected chi connectivity index (χ0v) is 12.3. The minimum Gasteiger partial charge on any atom is -0.295 e. The molecular weight excluding hydrogens is 375 g/mol. The summed E-state index contributed by atoms with van der Waals surface area (Å²) < 4.78 is 1.95. The van der Waals surface area contributed by atoms with Crippen LogP contribution in [0, 0.1) is 3.57 Å². The molecule has 0 aliphatic carbocycles. The molecule has 2 aromatic rings. The van der Waals surface area contributed by atoms with E-state index in [1.165, 1.54) is 0 Å². The summed E-state index contributed by atoms with van der Waals surface area (Å²) in [6.07, 6.45) is 0.448. The molecule has 1 saturated heterocycles. The second kappa shape index (κ2) is 4.93. The number of imide groups is 1. The first-order chi connectivity index (χ1) is 9.56. The summed E-state index contributed by atoms with van der Waals surface area (Å²) in [7, 11) is 0. The number of rotatable bonds is 1. The van der Waals surface area contributed by atoms with Gasteiger partial charge in [-0.2, -0.15) is 4.68 Å². The molecule has 1 aromatic heterocycles. The van der Waals surface area contributed by atoms with E-state index in [-0.39, 0.29) is 24.3 Å². The largest absolute Gasteiger partial charge is 0.295 e. The lowest BCUT2D eigenvalue weighted by molar-refractivity contribution is -0.136. The first-order valence-electron chi connectivity index (χ1n) is 5.95. The van der Waals surface area contributed by atoms with E-state index in [0.29, 0.717) is 10.9 Å². The van der Waals surface area contributed by atoms with Gasteiger partial charge in [0.25, 0.3) is 11.5 Å². The fourth-order valence-corrected chi connectivity index (χ4v) is 2.64. The van der Waals surface area contributed by atoms with Crippen LogP contribution in [0.15, 0.2) is 23.0 Å². The molecule has 1 unspecified atom stereocenters. The quantitative estimate of drug-likeness (QED) is 0.567. The van der Waals surface area contributed by atoms with Crippen molar-refractivity contribution in [2.45, 2.75) is 18.9 Å². The van der Waals surface area contributed by atoms with E-state index in [1.54, 1.807) is 12.1 Å². The number of nitrogens with one attached hydrogen (secondary N) is 1. The number of aromatic nitrogens is 3. The molecule has 2 amide bonds. The van der Waals surface area contributed by atoms with Crippen LogP contribution in [0.1, 0.15) is 18.9 Å². The van der Waals surface area contributed by atoms with Crippen LogP contribution in [-0.4, -0.2) is 26.8 Å². The molecule has 20 heavy (non-hydrogen) atoms. The van der Waals surface area contributed by atoms with Gasteiger partial charge >= 0.3 is 0 Å². The zero-order chi connectivity index (χ0) is 14.3. The third-order valence-electron chi connectivity index (χ3n) is 3.15. The number of halogens is 1. The first-order valence-corrected chi connectivity index (χ1v) is 7.02. The van der Waals surface area contributed by atoms with E-state index >= 15 is 0 Å². The van der Waals surface area contributed by atoms with Crippen molar-refractivity contribution in [3.63, 3.8) is 0 Å². The van der Waals surface area contributed by atoms with E-state index in [9.17, 15) is 14.4 Å². The molecule has 1 atom stereocenters. The molecule has 3 rings (SSSR count). The Morgan fingerprint density at radius 2 is 2.10 bits per heavy atom. The molecule has 0 spiro atoms. The number of fused-ring (bicyclic) bond motifs is 1. The molecule has 1 N–H and O–H groups in total. The van der Waals surface area contributed by atoms with Crippen LogP contribution in [0.3, 0.4) is 0 Å². The molecule has 1 aromatic carbocycles. The smallest absolute Gasteiger partial charge is 0.278 e. The average molecular weight is 384 g/mol. The molecule has 0 radical (unpaired) electrons. The van der Waals surface area contributed by atoms with Gasteiger partial charge in [-0.25, -0.2) is 0 Å². The number of hydrogen-bond acceptors (Lipinski definition) is 5. The van der Waals surface area contributed by atoms with Gasteiger partial charge in [-0.3, -0.25) is 19.7 Å². The third-order valence-corrected chi connectivity index (χ3v) is 3.82. The number of carbonyl (C=O) groups excluding carboxylic acids is 2. The third kappa shape index (κ3) is 2.19.